The van der Waals surface area contributed by atoms with E-state index < -0.39 is 5.97 Å². The van der Waals surface area contributed by atoms with Gasteiger partial charge in [0, 0.05) is 25.4 Å². The van der Waals surface area contributed by atoms with Gasteiger partial charge in [-0.15, -0.1) is 0 Å². The Morgan fingerprint density at radius 3 is 2.45 bits per heavy atom. The van der Waals surface area contributed by atoms with Gasteiger partial charge in [-0.1, -0.05) is 6.07 Å². The van der Waals surface area contributed by atoms with Crippen LogP contribution in [0.25, 0.3) is 11.5 Å². The lowest BCUT2D eigenvalue weighted by Crippen LogP contribution is -2.12. The van der Waals surface area contributed by atoms with Gasteiger partial charge >= 0.3 is 5.97 Å². The summed E-state index contributed by atoms with van der Waals surface area (Å²) < 4.78 is 0. The molecule has 0 amide bonds. The van der Waals surface area contributed by atoms with E-state index >= 15 is 0 Å². The molecule has 0 bridgehead atoms. The van der Waals surface area contributed by atoms with Gasteiger partial charge in [0.05, 0.1) is 13.0 Å². The second-order valence-electron chi connectivity index (χ2n) is 4.40. The number of rotatable bonds is 8. The molecule has 8 nitrogen and oxygen atoms in total. The Bertz CT molecular complexity index is 621. The van der Waals surface area contributed by atoms with E-state index in [1.807, 2.05) is 6.07 Å². The number of aromatic nitrogens is 3. The molecule has 0 fully saturated rings. The maximum absolute atomic E-state index is 10.6. The molecule has 0 atom stereocenters. The first kappa shape index (κ1) is 15.6. The number of aliphatic hydroxyl groups is 1. The van der Waals surface area contributed by atoms with Crippen LogP contribution in [0.15, 0.2) is 30.5 Å². The van der Waals surface area contributed by atoms with E-state index in [2.05, 4.69) is 25.6 Å². The number of hydrogen-bond donors (Lipinski definition) is 4. The average molecular weight is 303 g/mol. The van der Waals surface area contributed by atoms with E-state index in [9.17, 15) is 4.79 Å². The Morgan fingerprint density at radius 1 is 1.14 bits per heavy atom. The zero-order chi connectivity index (χ0) is 15.8. The first-order valence-corrected chi connectivity index (χ1v) is 6.80. The fourth-order valence-corrected chi connectivity index (χ4v) is 1.72. The predicted octanol–water partition coefficient (Wildman–Crippen LogP) is 0.829. The third-order valence-electron chi connectivity index (χ3n) is 2.68. The lowest BCUT2D eigenvalue weighted by atomic mass is 10.3. The van der Waals surface area contributed by atoms with Crippen LogP contribution in [0.4, 0.5) is 11.6 Å². The van der Waals surface area contributed by atoms with Crippen molar-refractivity contribution < 1.29 is 15.0 Å². The highest BCUT2D eigenvalue weighted by atomic mass is 16.4. The van der Waals surface area contributed by atoms with Crippen molar-refractivity contribution in [2.75, 3.05) is 30.3 Å². The van der Waals surface area contributed by atoms with E-state index in [-0.39, 0.29) is 19.6 Å². The van der Waals surface area contributed by atoms with Crippen LogP contribution in [-0.4, -0.2) is 50.8 Å². The predicted molar refractivity (Wildman–Crippen MR) is 81.6 cm³/mol. The van der Waals surface area contributed by atoms with Crippen LogP contribution in [0.3, 0.4) is 0 Å². The van der Waals surface area contributed by atoms with Crippen molar-refractivity contribution in [2.45, 2.75) is 6.42 Å². The number of hydrogen-bond acceptors (Lipinski definition) is 7. The summed E-state index contributed by atoms with van der Waals surface area (Å²) in [4.78, 5) is 23.4. The molecule has 0 unspecified atom stereocenters. The van der Waals surface area contributed by atoms with Crippen LogP contribution < -0.4 is 10.6 Å². The molecular formula is C14H17N5O3. The number of carbonyl (C=O) groups is 1. The molecule has 22 heavy (non-hydrogen) atoms. The smallest absolute Gasteiger partial charge is 0.305 e. The third-order valence-corrected chi connectivity index (χ3v) is 2.68. The van der Waals surface area contributed by atoms with Gasteiger partial charge in [0.15, 0.2) is 5.82 Å². The van der Waals surface area contributed by atoms with Crippen LogP contribution in [0.5, 0.6) is 0 Å². The third kappa shape index (κ3) is 4.67. The zero-order valence-electron chi connectivity index (χ0n) is 11.9. The molecule has 4 N–H and O–H groups in total. The molecule has 8 heteroatoms. The zero-order valence-corrected chi connectivity index (χ0v) is 11.9. The maximum Gasteiger partial charge on any atom is 0.305 e. The molecule has 2 rings (SSSR count). The van der Waals surface area contributed by atoms with Gasteiger partial charge in [-0.25, -0.2) is 9.97 Å². The number of aliphatic hydroxyl groups excluding tert-OH is 1. The van der Waals surface area contributed by atoms with Crippen molar-refractivity contribution in [3.8, 4) is 11.5 Å². The van der Waals surface area contributed by atoms with Gasteiger partial charge in [0.2, 0.25) is 0 Å². The van der Waals surface area contributed by atoms with Crippen LogP contribution >= 0.6 is 0 Å². The molecule has 0 radical (unpaired) electrons. The molecule has 0 saturated heterocycles. The summed E-state index contributed by atoms with van der Waals surface area (Å²) in [5.74, 6) is 0.561. The van der Waals surface area contributed by atoms with Crippen molar-refractivity contribution >= 4 is 17.6 Å². The Labute approximate surface area is 127 Å². The molecule has 0 aliphatic rings. The molecule has 116 valence electrons. The number of aliphatic carboxylic acids is 1. The fourth-order valence-electron chi connectivity index (χ4n) is 1.72. The summed E-state index contributed by atoms with van der Waals surface area (Å²) in [5, 5.41) is 23.5. The normalized spacial score (nSPS) is 10.2. The maximum atomic E-state index is 10.6. The monoisotopic (exact) mass is 303 g/mol. The first-order valence-electron chi connectivity index (χ1n) is 6.80. The summed E-state index contributed by atoms with van der Waals surface area (Å²) in [6, 6.07) is 7.07. The van der Waals surface area contributed by atoms with Crippen molar-refractivity contribution in [1.29, 1.82) is 0 Å². The number of carboxylic acid groups (broad SMARTS) is 1. The summed E-state index contributed by atoms with van der Waals surface area (Å²) >= 11 is 0. The van der Waals surface area contributed by atoms with Gasteiger partial charge in [0.25, 0.3) is 0 Å². The lowest BCUT2D eigenvalue weighted by Gasteiger charge is -2.10. The fraction of sp³-hybridized carbons (Fsp3) is 0.286. The molecule has 0 aliphatic carbocycles. The largest absolute Gasteiger partial charge is 0.481 e. The van der Waals surface area contributed by atoms with Crippen LogP contribution in [-0.2, 0) is 4.79 Å². The topological polar surface area (TPSA) is 120 Å². The lowest BCUT2D eigenvalue weighted by molar-refractivity contribution is -0.136. The highest BCUT2D eigenvalue weighted by Crippen LogP contribution is 2.18. The summed E-state index contributed by atoms with van der Waals surface area (Å²) in [6.07, 6.45) is 1.63. The number of nitrogens with one attached hydrogen (secondary N) is 2. The van der Waals surface area contributed by atoms with Crippen molar-refractivity contribution in [2.24, 2.45) is 0 Å². The Morgan fingerprint density at radius 2 is 1.86 bits per heavy atom. The van der Waals surface area contributed by atoms with Crippen molar-refractivity contribution in [3.05, 3.63) is 30.5 Å². The molecule has 2 aromatic heterocycles. The standard InChI is InChI=1S/C14H17N5O3/c20-8-7-17-12-9-11(16-6-4-13(21)22)18-14(19-12)10-3-1-2-5-15-10/h1-3,5,9,20H,4,6-8H2,(H,21,22)(H2,16,17,18,19). The summed E-state index contributed by atoms with van der Waals surface area (Å²) in [5.41, 5.74) is 0.608. The van der Waals surface area contributed by atoms with E-state index in [4.69, 9.17) is 10.2 Å². The Balaban J connectivity index is 2.22. The molecule has 0 aliphatic heterocycles. The van der Waals surface area contributed by atoms with Gasteiger partial charge < -0.3 is 20.8 Å². The van der Waals surface area contributed by atoms with E-state index in [0.717, 1.165) is 0 Å². The van der Waals surface area contributed by atoms with Crippen molar-refractivity contribution in [3.63, 3.8) is 0 Å². The highest BCUT2D eigenvalue weighted by molar-refractivity contribution is 5.67. The Hall–Kier alpha value is -2.74. The number of anilines is 2. The molecular weight excluding hydrogens is 286 g/mol. The van der Waals surface area contributed by atoms with Crippen LogP contribution in [0.2, 0.25) is 0 Å². The second kappa shape index (κ2) is 7.89. The number of nitrogens with zero attached hydrogens (tertiary/aromatic N) is 3. The van der Waals surface area contributed by atoms with Crippen molar-refractivity contribution in [1.82, 2.24) is 15.0 Å². The number of carboxylic acids is 1. The SMILES string of the molecule is O=C(O)CCNc1cc(NCCO)nc(-c2ccccn2)n1. The highest BCUT2D eigenvalue weighted by Gasteiger charge is 2.08. The van der Waals surface area contributed by atoms with Gasteiger partial charge in [-0.2, -0.15) is 0 Å². The first-order chi connectivity index (χ1) is 10.7. The van der Waals surface area contributed by atoms with Gasteiger partial charge in [-0.05, 0) is 12.1 Å². The number of pyridine rings is 1. The van der Waals surface area contributed by atoms with E-state index in [1.54, 1.807) is 24.4 Å². The molecule has 0 aromatic carbocycles. The molecule has 2 heterocycles. The van der Waals surface area contributed by atoms with E-state index in [1.165, 1.54) is 0 Å². The van der Waals surface area contributed by atoms with Crippen LogP contribution in [0.1, 0.15) is 6.42 Å². The van der Waals surface area contributed by atoms with Crippen LogP contribution in [0, 0.1) is 0 Å². The van der Waals surface area contributed by atoms with Gasteiger partial charge in [-0.3, -0.25) is 9.78 Å². The molecule has 0 saturated carbocycles. The van der Waals surface area contributed by atoms with E-state index in [0.29, 0.717) is 29.7 Å². The summed E-state index contributed by atoms with van der Waals surface area (Å²) in [7, 11) is 0. The second-order valence-corrected chi connectivity index (χ2v) is 4.40. The minimum absolute atomic E-state index is 0.0116. The average Bonchev–Trinajstić information content (AvgIpc) is 2.53. The minimum Gasteiger partial charge on any atom is -0.481 e. The Kier molecular flexibility index (Phi) is 5.61. The van der Waals surface area contributed by atoms with Gasteiger partial charge in [0.1, 0.15) is 17.3 Å². The molecule has 2 aromatic rings. The minimum atomic E-state index is -0.884. The quantitative estimate of drug-likeness (QED) is 0.566. The molecule has 0 spiro atoms. The summed E-state index contributed by atoms with van der Waals surface area (Å²) in [6.45, 7) is 0.589.